The van der Waals surface area contributed by atoms with Crippen LogP contribution in [0, 0.1) is 0 Å². The molecule has 3 aliphatic rings. The van der Waals surface area contributed by atoms with E-state index in [1.165, 1.54) is 6.34 Å². The average Bonchev–Trinajstić information content (AvgIpc) is 3.22. The molecule has 3 heterocycles. The maximum absolute atomic E-state index is 10.5. The molecule has 9 heteroatoms. The smallest absolute Gasteiger partial charge is 0.182 e. The van der Waals surface area contributed by atoms with Crippen molar-refractivity contribution >= 4 is 23.7 Å². The molecular formula is C17H19N5O4. The lowest BCUT2D eigenvalue weighted by Gasteiger charge is -2.34. The molecule has 0 spiro atoms. The maximum Gasteiger partial charge on any atom is 0.182 e. The minimum Gasteiger partial charge on any atom is -0.394 e. The highest BCUT2D eigenvalue weighted by Gasteiger charge is 2.56. The molecule has 1 aromatic carbocycles. The molecule has 26 heavy (non-hydrogen) atoms. The fourth-order valence-electron chi connectivity index (χ4n) is 3.38. The Morgan fingerprint density at radius 1 is 1.23 bits per heavy atom. The Kier molecular flexibility index (Phi) is 3.86. The van der Waals surface area contributed by atoms with Crippen LogP contribution < -0.4 is 5.73 Å². The summed E-state index contributed by atoms with van der Waals surface area (Å²) in [7, 11) is 0. The molecule has 1 unspecified atom stereocenters. The van der Waals surface area contributed by atoms with Gasteiger partial charge in [0.15, 0.2) is 22.9 Å². The van der Waals surface area contributed by atoms with Crippen LogP contribution in [0.3, 0.4) is 0 Å². The first kappa shape index (κ1) is 17.1. The summed E-state index contributed by atoms with van der Waals surface area (Å²) < 4.78 is 5.70. The van der Waals surface area contributed by atoms with Gasteiger partial charge in [-0.1, -0.05) is 30.3 Å². The summed E-state index contributed by atoms with van der Waals surface area (Å²) in [5.74, 6) is 0.361. The minimum atomic E-state index is -1.46. The largest absolute Gasteiger partial charge is 0.394 e. The third-order valence-electron chi connectivity index (χ3n) is 4.94. The van der Waals surface area contributed by atoms with Gasteiger partial charge in [-0.15, -0.1) is 0 Å². The number of benzene rings is 1. The molecular weight excluding hydrogens is 338 g/mol. The van der Waals surface area contributed by atoms with Crippen LogP contribution in [0.5, 0.6) is 0 Å². The summed E-state index contributed by atoms with van der Waals surface area (Å²) in [6, 6.07) is 9.13. The molecule has 0 aliphatic carbocycles. The lowest BCUT2D eigenvalue weighted by molar-refractivity contribution is -0.0412. The van der Waals surface area contributed by atoms with E-state index in [0.29, 0.717) is 11.3 Å². The van der Waals surface area contributed by atoms with E-state index in [4.69, 9.17) is 10.5 Å². The Morgan fingerprint density at radius 3 is 2.62 bits per heavy atom. The van der Waals surface area contributed by atoms with Crippen molar-refractivity contribution in [3.05, 3.63) is 35.9 Å². The summed E-state index contributed by atoms with van der Waals surface area (Å²) in [6.45, 7) is 1.10. The van der Waals surface area contributed by atoms with Gasteiger partial charge in [-0.3, -0.25) is 5.73 Å². The molecule has 4 rings (SSSR count). The second-order valence-corrected chi connectivity index (χ2v) is 6.61. The van der Waals surface area contributed by atoms with Crippen LogP contribution in [-0.4, -0.2) is 69.6 Å². The molecule has 0 saturated carbocycles. The minimum absolute atomic E-state index is 0.0827. The molecule has 5 N–H and O–H groups in total. The molecule has 3 aliphatic heterocycles. The number of ether oxygens (including phenoxy) is 1. The molecule has 0 amide bonds. The molecule has 1 fully saturated rings. The molecule has 0 bridgehead atoms. The Labute approximate surface area is 149 Å². The molecule has 1 saturated heterocycles. The fourth-order valence-corrected chi connectivity index (χ4v) is 3.38. The molecule has 136 valence electrons. The average molecular weight is 357 g/mol. The van der Waals surface area contributed by atoms with E-state index in [-0.39, 0.29) is 11.7 Å². The second kappa shape index (κ2) is 5.86. The predicted molar refractivity (Wildman–Crippen MR) is 95.5 cm³/mol. The van der Waals surface area contributed by atoms with Crippen molar-refractivity contribution in [2.45, 2.75) is 36.5 Å². The van der Waals surface area contributed by atoms with Crippen molar-refractivity contribution in [2.24, 2.45) is 25.7 Å². The molecule has 1 aromatic rings. The quantitative estimate of drug-likeness (QED) is 0.546. The van der Waals surface area contributed by atoms with Crippen LogP contribution in [0.15, 0.2) is 50.3 Å². The van der Waals surface area contributed by atoms with Gasteiger partial charge < -0.3 is 20.1 Å². The molecule has 0 radical (unpaired) electrons. The van der Waals surface area contributed by atoms with E-state index in [9.17, 15) is 15.3 Å². The highest BCUT2D eigenvalue weighted by Crippen LogP contribution is 2.37. The van der Waals surface area contributed by atoms with Crippen molar-refractivity contribution in [3.8, 4) is 0 Å². The van der Waals surface area contributed by atoms with Crippen LogP contribution in [0.25, 0.3) is 0 Å². The van der Waals surface area contributed by atoms with Gasteiger partial charge in [0.1, 0.15) is 30.4 Å². The first-order chi connectivity index (χ1) is 12.4. The number of fused-ring (bicyclic) bond motifs is 1. The van der Waals surface area contributed by atoms with E-state index < -0.39 is 36.2 Å². The van der Waals surface area contributed by atoms with E-state index in [2.05, 4.69) is 20.0 Å². The topological polar surface area (TPSA) is 145 Å². The van der Waals surface area contributed by atoms with Gasteiger partial charge in [0, 0.05) is 5.56 Å². The second-order valence-electron chi connectivity index (χ2n) is 6.61. The first-order valence-corrected chi connectivity index (χ1v) is 8.19. The Balaban J connectivity index is 1.84. The number of rotatable bonds is 3. The van der Waals surface area contributed by atoms with Gasteiger partial charge in [-0.2, -0.15) is 0 Å². The SMILES string of the molecule is C[C@@]1(C2=NC(N)(c3ccccc3)C3=NC=NC3=N2)O[C@H](CO)[C@@H](O)[C@H]1O. The van der Waals surface area contributed by atoms with E-state index in [1.54, 1.807) is 6.92 Å². The van der Waals surface area contributed by atoms with Crippen molar-refractivity contribution in [3.63, 3.8) is 0 Å². The lowest BCUT2D eigenvalue weighted by Crippen LogP contribution is -2.54. The number of amidine groups is 2. The van der Waals surface area contributed by atoms with Gasteiger partial charge in [-0.25, -0.2) is 20.0 Å². The van der Waals surface area contributed by atoms with Crippen molar-refractivity contribution in [1.29, 1.82) is 0 Å². The Bertz CT molecular complexity index is 852. The van der Waals surface area contributed by atoms with E-state index >= 15 is 0 Å². The summed E-state index contributed by atoms with van der Waals surface area (Å²) >= 11 is 0. The van der Waals surface area contributed by atoms with Gasteiger partial charge in [-0.05, 0) is 6.92 Å². The highest BCUT2D eigenvalue weighted by atomic mass is 16.6. The Morgan fingerprint density at radius 2 is 1.96 bits per heavy atom. The molecule has 9 nitrogen and oxygen atoms in total. The number of aliphatic imine (C=N–C) groups is 4. The van der Waals surface area contributed by atoms with Crippen LogP contribution in [0.1, 0.15) is 12.5 Å². The number of aliphatic hydroxyl groups is 3. The third-order valence-corrected chi connectivity index (χ3v) is 4.94. The van der Waals surface area contributed by atoms with E-state index in [0.717, 1.165) is 0 Å². The van der Waals surface area contributed by atoms with Gasteiger partial charge >= 0.3 is 0 Å². The number of hydrogen-bond donors (Lipinski definition) is 4. The summed E-state index contributed by atoms with van der Waals surface area (Å²) in [5.41, 5.74) is 4.85. The zero-order valence-electron chi connectivity index (χ0n) is 14.0. The molecule has 5 atom stereocenters. The van der Waals surface area contributed by atoms with Crippen molar-refractivity contribution < 1.29 is 20.1 Å². The number of nitrogens with two attached hydrogens (primary N) is 1. The van der Waals surface area contributed by atoms with Crippen LogP contribution >= 0.6 is 0 Å². The summed E-state index contributed by atoms with van der Waals surface area (Å²) in [5, 5.41) is 30.0. The zero-order valence-corrected chi connectivity index (χ0v) is 14.0. The standard InChI is InChI=1S/C17H19N5O4/c1-16(13(25)11(24)10(7-23)26-16)15-21-14-12(19-8-20-14)17(18,22-15)9-5-3-2-4-6-9/h2-6,8,10-11,13,23-25H,7,18H2,1H3/t10-,11-,13-,16-,17?/m1/s1. The summed E-state index contributed by atoms with van der Waals surface area (Å²) in [4.78, 5) is 17.2. The van der Waals surface area contributed by atoms with Gasteiger partial charge in [0.05, 0.1) is 6.61 Å². The first-order valence-electron chi connectivity index (χ1n) is 8.19. The van der Waals surface area contributed by atoms with Crippen molar-refractivity contribution in [2.75, 3.05) is 6.61 Å². The normalized spacial score (nSPS) is 38.7. The zero-order chi connectivity index (χ0) is 18.5. The van der Waals surface area contributed by atoms with Crippen molar-refractivity contribution in [1.82, 2.24) is 0 Å². The van der Waals surface area contributed by atoms with Gasteiger partial charge in [0.2, 0.25) is 0 Å². The van der Waals surface area contributed by atoms with Crippen LogP contribution in [0.4, 0.5) is 0 Å². The third kappa shape index (κ3) is 2.29. The number of nitrogens with zero attached hydrogens (tertiary/aromatic N) is 4. The summed E-state index contributed by atoms with van der Waals surface area (Å²) in [6.07, 6.45) is -2.23. The number of hydrogen-bond acceptors (Lipinski definition) is 9. The monoisotopic (exact) mass is 357 g/mol. The van der Waals surface area contributed by atoms with E-state index in [1.807, 2.05) is 30.3 Å². The highest BCUT2D eigenvalue weighted by molar-refractivity contribution is 6.51. The number of aliphatic hydroxyl groups excluding tert-OH is 3. The Hall–Kier alpha value is -2.30. The van der Waals surface area contributed by atoms with Gasteiger partial charge in [0.25, 0.3) is 0 Å². The predicted octanol–water partition coefficient (Wildman–Crippen LogP) is -1.04. The van der Waals surface area contributed by atoms with Crippen LogP contribution in [-0.2, 0) is 10.4 Å². The maximum atomic E-state index is 10.5. The molecule has 0 aromatic heterocycles. The van der Waals surface area contributed by atoms with Crippen LogP contribution in [0.2, 0.25) is 0 Å². The fraction of sp³-hybridized carbons (Fsp3) is 0.412. The lowest BCUT2D eigenvalue weighted by atomic mass is 9.90.